The smallest absolute Gasteiger partial charge is 0.290 e. The quantitative estimate of drug-likeness (QED) is 0.583. The number of nitrogens with one attached hydrogen (secondary N) is 1. The number of para-hydroxylation sites is 1. The highest BCUT2D eigenvalue weighted by atomic mass is 16.5. The van der Waals surface area contributed by atoms with Crippen molar-refractivity contribution >= 4 is 16.9 Å². The third kappa shape index (κ3) is 4.33. The van der Waals surface area contributed by atoms with Crippen LogP contribution in [-0.2, 0) is 4.74 Å². The average molecular weight is 464 g/mol. The van der Waals surface area contributed by atoms with Crippen LogP contribution in [0.5, 0.6) is 5.75 Å². The first kappa shape index (κ1) is 22.6. The standard InChI is InChI=1S/C27H30N2O5/c1-18(2)33-20-10-8-19(9-11-20)24-23-25(30)21-6-3-4-7-22(21)34-26(23)27(31)29(24)13-5-12-28-14-16-32-17-15-28/h3-4,6-11,18,24H,5,12-17H2,1-2H3/p+1/t24-/m1/s1. The van der Waals surface area contributed by atoms with Gasteiger partial charge in [0.15, 0.2) is 5.43 Å². The lowest BCUT2D eigenvalue weighted by molar-refractivity contribution is -0.908. The summed E-state index contributed by atoms with van der Waals surface area (Å²) in [6.45, 7) is 9.01. The maximum atomic E-state index is 13.5. The van der Waals surface area contributed by atoms with Gasteiger partial charge in [-0.2, -0.15) is 0 Å². The van der Waals surface area contributed by atoms with Crippen molar-refractivity contribution in [3.63, 3.8) is 0 Å². The van der Waals surface area contributed by atoms with E-state index >= 15 is 0 Å². The van der Waals surface area contributed by atoms with Crippen LogP contribution < -0.4 is 15.1 Å². The minimum absolute atomic E-state index is 0.0669. The highest BCUT2D eigenvalue weighted by Crippen LogP contribution is 2.38. The third-order valence-corrected chi connectivity index (χ3v) is 6.57. The van der Waals surface area contributed by atoms with Gasteiger partial charge in [0, 0.05) is 13.0 Å². The van der Waals surface area contributed by atoms with Crippen molar-refractivity contribution in [1.29, 1.82) is 0 Å². The van der Waals surface area contributed by atoms with E-state index in [2.05, 4.69) is 0 Å². The highest BCUT2D eigenvalue weighted by molar-refractivity contribution is 5.99. The molecule has 0 bridgehead atoms. The number of nitrogens with zero attached hydrogens (tertiary/aromatic N) is 1. The summed E-state index contributed by atoms with van der Waals surface area (Å²) < 4.78 is 17.3. The molecular formula is C27H31N2O5+. The molecule has 0 radical (unpaired) electrons. The van der Waals surface area contributed by atoms with Crippen LogP contribution in [0.3, 0.4) is 0 Å². The number of hydrogen-bond acceptors (Lipinski definition) is 5. The molecule has 2 aliphatic rings. The second kappa shape index (κ2) is 9.60. The molecule has 178 valence electrons. The molecule has 2 aromatic carbocycles. The number of amides is 1. The van der Waals surface area contributed by atoms with Gasteiger partial charge < -0.3 is 23.7 Å². The van der Waals surface area contributed by atoms with E-state index in [-0.39, 0.29) is 23.2 Å². The third-order valence-electron chi connectivity index (χ3n) is 6.57. The molecule has 2 aliphatic heterocycles. The summed E-state index contributed by atoms with van der Waals surface area (Å²) in [5.41, 5.74) is 1.61. The number of benzene rings is 2. The number of ether oxygens (including phenoxy) is 2. The van der Waals surface area contributed by atoms with Crippen LogP contribution in [0, 0.1) is 0 Å². The van der Waals surface area contributed by atoms with Gasteiger partial charge in [-0.1, -0.05) is 24.3 Å². The Balaban J connectivity index is 1.50. The Labute approximate surface area is 198 Å². The molecule has 3 aromatic rings. The Morgan fingerprint density at radius 3 is 2.53 bits per heavy atom. The normalized spacial score (nSPS) is 18.6. The van der Waals surface area contributed by atoms with Crippen LogP contribution in [-0.4, -0.2) is 56.3 Å². The number of fused-ring (bicyclic) bond motifs is 2. The maximum absolute atomic E-state index is 13.5. The Morgan fingerprint density at radius 1 is 1.06 bits per heavy atom. The van der Waals surface area contributed by atoms with Gasteiger partial charge in [0.1, 0.15) is 24.4 Å². The maximum Gasteiger partial charge on any atom is 0.290 e. The van der Waals surface area contributed by atoms with Gasteiger partial charge >= 0.3 is 0 Å². The first-order valence-corrected chi connectivity index (χ1v) is 12.1. The van der Waals surface area contributed by atoms with Crippen molar-refractivity contribution in [2.75, 3.05) is 39.4 Å². The molecule has 1 fully saturated rings. The lowest BCUT2D eigenvalue weighted by atomic mass is 9.98. The van der Waals surface area contributed by atoms with Crippen molar-refractivity contribution in [3.8, 4) is 5.75 Å². The topological polar surface area (TPSA) is 73.4 Å². The van der Waals surface area contributed by atoms with Gasteiger partial charge in [-0.15, -0.1) is 0 Å². The monoisotopic (exact) mass is 463 g/mol. The molecule has 0 unspecified atom stereocenters. The van der Waals surface area contributed by atoms with Gasteiger partial charge in [-0.05, 0) is 43.7 Å². The van der Waals surface area contributed by atoms with Gasteiger partial charge in [0.05, 0.1) is 42.9 Å². The average Bonchev–Trinajstić information content (AvgIpc) is 3.12. The largest absolute Gasteiger partial charge is 0.491 e. The van der Waals surface area contributed by atoms with Crippen LogP contribution in [0.25, 0.3) is 11.0 Å². The van der Waals surface area contributed by atoms with Crippen molar-refractivity contribution in [2.24, 2.45) is 0 Å². The predicted molar refractivity (Wildman–Crippen MR) is 129 cm³/mol. The van der Waals surface area contributed by atoms with Crippen LogP contribution in [0.1, 0.15) is 48.0 Å². The summed E-state index contributed by atoms with van der Waals surface area (Å²) in [4.78, 5) is 30.3. The van der Waals surface area contributed by atoms with Gasteiger partial charge in [0.25, 0.3) is 5.91 Å². The molecule has 1 atom stereocenters. The lowest BCUT2D eigenvalue weighted by Gasteiger charge is -2.27. The molecule has 1 amide bonds. The van der Waals surface area contributed by atoms with Crippen LogP contribution >= 0.6 is 0 Å². The molecule has 1 saturated heterocycles. The molecular weight excluding hydrogens is 432 g/mol. The summed E-state index contributed by atoms with van der Waals surface area (Å²) >= 11 is 0. The Bertz CT molecular complexity index is 1230. The number of rotatable bonds is 7. The molecule has 5 rings (SSSR count). The number of carbonyl (C=O) groups is 1. The van der Waals surface area contributed by atoms with E-state index in [4.69, 9.17) is 13.9 Å². The van der Waals surface area contributed by atoms with Crippen molar-refractivity contribution in [3.05, 3.63) is 75.6 Å². The lowest BCUT2D eigenvalue weighted by Crippen LogP contribution is -3.14. The zero-order valence-corrected chi connectivity index (χ0v) is 19.7. The van der Waals surface area contributed by atoms with Crippen molar-refractivity contribution in [2.45, 2.75) is 32.4 Å². The molecule has 0 saturated carbocycles. The molecule has 0 spiro atoms. The Kier molecular flexibility index (Phi) is 6.39. The summed E-state index contributed by atoms with van der Waals surface area (Å²) in [5.74, 6) is 0.702. The zero-order chi connectivity index (χ0) is 23.7. The number of quaternary nitrogens is 1. The SMILES string of the molecule is CC(C)Oc1ccc([C@@H]2c3c(oc4ccccc4c3=O)C(=O)N2CCC[NH+]2CCOCC2)cc1. The van der Waals surface area contributed by atoms with E-state index in [1.54, 1.807) is 17.0 Å². The second-order valence-electron chi connectivity index (χ2n) is 9.27. The molecule has 7 nitrogen and oxygen atoms in total. The fraction of sp³-hybridized carbons (Fsp3) is 0.407. The van der Waals surface area contributed by atoms with E-state index < -0.39 is 6.04 Å². The summed E-state index contributed by atoms with van der Waals surface area (Å²) in [6.07, 6.45) is 0.908. The van der Waals surface area contributed by atoms with Gasteiger partial charge in [-0.25, -0.2) is 0 Å². The number of carbonyl (C=O) groups excluding carboxylic acids is 1. The fourth-order valence-electron chi connectivity index (χ4n) is 4.95. The Morgan fingerprint density at radius 2 is 1.79 bits per heavy atom. The first-order valence-electron chi connectivity index (χ1n) is 12.1. The summed E-state index contributed by atoms with van der Waals surface area (Å²) in [6, 6.07) is 14.3. The number of hydrogen-bond donors (Lipinski definition) is 1. The van der Waals surface area contributed by atoms with Crippen LogP contribution in [0.15, 0.2) is 57.7 Å². The number of morpholine rings is 1. The van der Waals surface area contributed by atoms with Crippen molar-refractivity contribution < 1.29 is 23.6 Å². The van der Waals surface area contributed by atoms with Crippen LogP contribution in [0.2, 0.25) is 0 Å². The fourth-order valence-corrected chi connectivity index (χ4v) is 4.95. The van der Waals surface area contributed by atoms with Gasteiger partial charge in [0.2, 0.25) is 5.76 Å². The molecule has 0 aliphatic carbocycles. The Hall–Kier alpha value is -3.16. The van der Waals surface area contributed by atoms with E-state index in [0.717, 1.165) is 50.6 Å². The first-order chi connectivity index (χ1) is 16.5. The molecule has 1 aromatic heterocycles. The summed E-state index contributed by atoms with van der Waals surface area (Å²) in [7, 11) is 0. The minimum atomic E-state index is -0.476. The highest BCUT2D eigenvalue weighted by Gasteiger charge is 2.42. The van der Waals surface area contributed by atoms with Crippen molar-refractivity contribution in [1.82, 2.24) is 4.90 Å². The van der Waals surface area contributed by atoms with E-state index in [1.165, 1.54) is 4.90 Å². The van der Waals surface area contributed by atoms with Gasteiger partial charge in [-0.3, -0.25) is 9.59 Å². The minimum Gasteiger partial charge on any atom is -0.491 e. The van der Waals surface area contributed by atoms with E-state index in [1.807, 2.05) is 50.2 Å². The molecule has 34 heavy (non-hydrogen) atoms. The van der Waals surface area contributed by atoms with E-state index in [9.17, 15) is 9.59 Å². The molecule has 7 heteroatoms. The molecule has 3 heterocycles. The second-order valence-corrected chi connectivity index (χ2v) is 9.27. The van der Waals surface area contributed by atoms with E-state index in [0.29, 0.717) is 23.1 Å². The zero-order valence-electron chi connectivity index (χ0n) is 19.7. The summed E-state index contributed by atoms with van der Waals surface area (Å²) in [5, 5.41) is 0.499. The molecule has 1 N–H and O–H groups in total. The van der Waals surface area contributed by atoms with Crippen LogP contribution in [0.4, 0.5) is 0 Å². The predicted octanol–water partition coefficient (Wildman–Crippen LogP) is 2.43.